The molecule has 3 rings (SSSR count). The number of hydrogen-bond donors (Lipinski definition) is 0. The number of methoxy groups -OCH3 is 1. The second kappa shape index (κ2) is 9.07. The van der Waals surface area contributed by atoms with Gasteiger partial charge in [0, 0.05) is 18.5 Å². The molecule has 0 fully saturated rings. The van der Waals surface area contributed by atoms with Crippen molar-refractivity contribution in [2.24, 2.45) is 0 Å². The molecule has 147 valence electrons. The van der Waals surface area contributed by atoms with E-state index in [9.17, 15) is 4.39 Å². The Labute approximate surface area is 167 Å². The molecule has 0 atom stereocenters. The zero-order valence-electron chi connectivity index (χ0n) is 17.0. The smallest absolute Gasteiger partial charge is 0.127 e. The third-order valence-corrected chi connectivity index (χ3v) is 4.81. The van der Waals surface area contributed by atoms with E-state index in [2.05, 4.69) is 24.0 Å². The summed E-state index contributed by atoms with van der Waals surface area (Å²) in [4.78, 5) is 2.05. The monoisotopic (exact) mass is 380 g/mol. The van der Waals surface area contributed by atoms with Crippen LogP contribution in [0.4, 0.5) is 4.39 Å². The van der Waals surface area contributed by atoms with Gasteiger partial charge in [-0.2, -0.15) is 0 Å². The molecular formula is C24H27FNO2. The third kappa shape index (κ3) is 4.45. The SMILES string of the molecule is COC1=CC[CH]C(F)=C1c1cc(-c2ccccc2C)ccc1OCCN(C)C. The van der Waals surface area contributed by atoms with Crippen LogP contribution in [0.15, 0.2) is 60.1 Å². The lowest BCUT2D eigenvalue weighted by Crippen LogP contribution is -2.19. The van der Waals surface area contributed by atoms with Crippen LogP contribution < -0.4 is 4.74 Å². The first kappa shape index (κ1) is 20.2. The Bertz CT molecular complexity index is 899. The van der Waals surface area contributed by atoms with Crippen molar-refractivity contribution in [3.8, 4) is 16.9 Å². The molecule has 0 unspecified atom stereocenters. The molecule has 3 nitrogen and oxygen atoms in total. The summed E-state index contributed by atoms with van der Waals surface area (Å²) in [6.45, 7) is 3.37. The van der Waals surface area contributed by atoms with Crippen LogP contribution in [0.25, 0.3) is 16.7 Å². The lowest BCUT2D eigenvalue weighted by atomic mass is 9.92. The summed E-state index contributed by atoms with van der Waals surface area (Å²) < 4.78 is 26.4. The van der Waals surface area contributed by atoms with Crippen molar-refractivity contribution in [2.45, 2.75) is 13.3 Å². The molecular weight excluding hydrogens is 353 g/mol. The van der Waals surface area contributed by atoms with Crippen molar-refractivity contribution in [2.75, 3.05) is 34.4 Å². The van der Waals surface area contributed by atoms with E-state index < -0.39 is 0 Å². The quantitative estimate of drug-likeness (QED) is 0.640. The van der Waals surface area contributed by atoms with E-state index in [0.717, 1.165) is 17.7 Å². The first-order valence-electron chi connectivity index (χ1n) is 9.46. The fraction of sp³-hybridized carbons (Fsp3) is 0.292. The Morgan fingerprint density at radius 2 is 1.86 bits per heavy atom. The lowest BCUT2D eigenvalue weighted by Gasteiger charge is -2.21. The fourth-order valence-corrected chi connectivity index (χ4v) is 3.29. The Morgan fingerprint density at radius 1 is 1.07 bits per heavy atom. The van der Waals surface area contributed by atoms with Crippen LogP contribution in [-0.4, -0.2) is 39.3 Å². The minimum absolute atomic E-state index is 0.279. The third-order valence-electron chi connectivity index (χ3n) is 4.81. The van der Waals surface area contributed by atoms with E-state index in [0.29, 0.717) is 35.7 Å². The highest BCUT2D eigenvalue weighted by Gasteiger charge is 2.23. The van der Waals surface area contributed by atoms with Crippen molar-refractivity contribution in [1.82, 2.24) is 4.90 Å². The van der Waals surface area contributed by atoms with Gasteiger partial charge in [-0.3, -0.25) is 0 Å². The summed E-state index contributed by atoms with van der Waals surface area (Å²) in [6.07, 6.45) is 3.98. The first-order valence-corrected chi connectivity index (χ1v) is 9.46. The van der Waals surface area contributed by atoms with Gasteiger partial charge in [0.2, 0.25) is 0 Å². The molecule has 2 aromatic rings. The molecule has 0 bridgehead atoms. The molecule has 0 aliphatic heterocycles. The van der Waals surface area contributed by atoms with Gasteiger partial charge in [-0.1, -0.05) is 30.3 Å². The van der Waals surface area contributed by atoms with Gasteiger partial charge in [0.1, 0.15) is 23.9 Å². The fourth-order valence-electron chi connectivity index (χ4n) is 3.29. The van der Waals surface area contributed by atoms with Crippen LogP contribution in [0.2, 0.25) is 0 Å². The van der Waals surface area contributed by atoms with Crippen LogP contribution in [0.5, 0.6) is 5.75 Å². The Balaban J connectivity index is 2.09. The molecule has 28 heavy (non-hydrogen) atoms. The molecule has 0 saturated heterocycles. The van der Waals surface area contributed by atoms with E-state index in [1.165, 1.54) is 5.56 Å². The average Bonchev–Trinajstić information content (AvgIpc) is 2.68. The van der Waals surface area contributed by atoms with Crippen LogP contribution in [0.3, 0.4) is 0 Å². The maximum absolute atomic E-state index is 14.9. The summed E-state index contributed by atoms with van der Waals surface area (Å²) in [5, 5.41) is 0. The van der Waals surface area contributed by atoms with Crippen molar-refractivity contribution >= 4 is 5.57 Å². The minimum atomic E-state index is -0.279. The number of nitrogens with zero attached hydrogens (tertiary/aromatic N) is 1. The zero-order valence-corrected chi connectivity index (χ0v) is 17.0. The van der Waals surface area contributed by atoms with Gasteiger partial charge in [-0.15, -0.1) is 0 Å². The molecule has 2 aromatic carbocycles. The van der Waals surface area contributed by atoms with E-state index in [1.807, 2.05) is 50.5 Å². The molecule has 0 aromatic heterocycles. The first-order chi connectivity index (χ1) is 13.5. The summed E-state index contributed by atoms with van der Waals surface area (Å²) >= 11 is 0. The summed E-state index contributed by atoms with van der Waals surface area (Å²) in [6, 6.07) is 14.1. The lowest BCUT2D eigenvalue weighted by molar-refractivity contribution is 0.260. The molecule has 0 spiro atoms. The maximum Gasteiger partial charge on any atom is 0.127 e. The van der Waals surface area contributed by atoms with E-state index in [4.69, 9.17) is 9.47 Å². The number of hydrogen-bond acceptors (Lipinski definition) is 3. The highest BCUT2D eigenvalue weighted by Crippen LogP contribution is 2.40. The normalized spacial score (nSPS) is 14.3. The molecule has 0 amide bonds. The van der Waals surface area contributed by atoms with E-state index in [-0.39, 0.29) is 5.83 Å². The molecule has 1 aliphatic rings. The number of benzene rings is 2. The molecule has 1 radical (unpaired) electrons. The molecule has 0 saturated carbocycles. The molecule has 0 heterocycles. The Kier molecular flexibility index (Phi) is 6.53. The summed E-state index contributed by atoms with van der Waals surface area (Å²) in [5.74, 6) is 0.917. The van der Waals surface area contributed by atoms with Crippen molar-refractivity contribution < 1.29 is 13.9 Å². The van der Waals surface area contributed by atoms with Crippen molar-refractivity contribution in [3.05, 3.63) is 77.7 Å². The predicted molar refractivity (Wildman–Crippen MR) is 113 cm³/mol. The largest absolute Gasteiger partial charge is 0.496 e. The second-order valence-corrected chi connectivity index (χ2v) is 7.11. The van der Waals surface area contributed by atoms with Gasteiger partial charge in [-0.25, -0.2) is 4.39 Å². The summed E-state index contributed by atoms with van der Waals surface area (Å²) in [7, 11) is 5.56. The minimum Gasteiger partial charge on any atom is -0.496 e. The zero-order chi connectivity index (χ0) is 20.1. The van der Waals surface area contributed by atoms with Crippen LogP contribution in [0.1, 0.15) is 17.5 Å². The highest BCUT2D eigenvalue weighted by atomic mass is 19.1. The Hall–Kier alpha value is -2.59. The predicted octanol–water partition coefficient (Wildman–Crippen LogP) is 5.42. The van der Waals surface area contributed by atoms with E-state index >= 15 is 0 Å². The number of allylic oxidation sites excluding steroid dienone is 3. The van der Waals surface area contributed by atoms with Crippen molar-refractivity contribution in [3.63, 3.8) is 0 Å². The van der Waals surface area contributed by atoms with Gasteiger partial charge in [0.25, 0.3) is 0 Å². The number of likely N-dealkylation sites (N-methyl/N-ethyl adjacent to an activating group) is 1. The van der Waals surface area contributed by atoms with Crippen LogP contribution >= 0.6 is 0 Å². The van der Waals surface area contributed by atoms with Gasteiger partial charge < -0.3 is 14.4 Å². The van der Waals surface area contributed by atoms with E-state index in [1.54, 1.807) is 13.5 Å². The number of ether oxygens (including phenoxy) is 2. The van der Waals surface area contributed by atoms with Gasteiger partial charge >= 0.3 is 0 Å². The number of rotatable bonds is 7. The van der Waals surface area contributed by atoms with Crippen LogP contribution in [0, 0.1) is 13.3 Å². The standard InChI is InChI=1S/C24H27FNO2/c1-17-8-5-6-9-19(17)18-12-13-22(28-15-14-26(2)3)20(16-18)24-21(25)10-7-11-23(24)27-4/h5-6,8-13,16H,7,14-15H2,1-4H3. The topological polar surface area (TPSA) is 21.7 Å². The van der Waals surface area contributed by atoms with Crippen molar-refractivity contribution in [1.29, 1.82) is 0 Å². The molecule has 1 aliphatic carbocycles. The number of aryl methyl sites for hydroxylation is 1. The van der Waals surface area contributed by atoms with Gasteiger partial charge in [0.05, 0.1) is 12.7 Å². The molecule has 0 N–H and O–H groups in total. The Morgan fingerprint density at radius 3 is 2.57 bits per heavy atom. The highest BCUT2D eigenvalue weighted by molar-refractivity contribution is 5.86. The number of halogens is 1. The maximum atomic E-state index is 14.9. The summed E-state index contributed by atoms with van der Waals surface area (Å²) in [5.41, 5.74) is 4.47. The second-order valence-electron chi connectivity index (χ2n) is 7.11. The van der Waals surface area contributed by atoms with Gasteiger partial charge in [0.15, 0.2) is 0 Å². The molecule has 4 heteroatoms. The average molecular weight is 380 g/mol. The van der Waals surface area contributed by atoms with Crippen LogP contribution in [-0.2, 0) is 4.74 Å². The van der Waals surface area contributed by atoms with Gasteiger partial charge in [-0.05, 0) is 62.3 Å².